The number of hydrogen-bond donors (Lipinski definition) is 0. The smallest absolute Gasteiger partial charge is 0.139 e. The van der Waals surface area contributed by atoms with Gasteiger partial charge in [0.25, 0.3) is 0 Å². The van der Waals surface area contributed by atoms with Gasteiger partial charge in [0.05, 0.1) is 16.9 Å². The standard InChI is InChI=1S/C22H22N6/c1-2-6-18(7-3-1)28-19(10-11-25-28)16-26-12-14-27(15-13-26)22-20-8-4-5-9-21(20)23-17-24-22/h1-11,17H,12-16H2. The van der Waals surface area contributed by atoms with Crippen molar-refractivity contribution in [2.75, 3.05) is 31.1 Å². The lowest BCUT2D eigenvalue weighted by Crippen LogP contribution is -2.46. The molecule has 0 atom stereocenters. The van der Waals surface area contributed by atoms with E-state index in [-0.39, 0.29) is 0 Å². The first-order valence-electron chi connectivity index (χ1n) is 9.64. The first-order chi connectivity index (χ1) is 13.9. The second-order valence-electron chi connectivity index (χ2n) is 7.05. The molecule has 1 saturated heterocycles. The Hall–Kier alpha value is -3.25. The number of nitrogens with zero attached hydrogens (tertiary/aromatic N) is 6. The summed E-state index contributed by atoms with van der Waals surface area (Å²) in [4.78, 5) is 13.8. The fourth-order valence-electron chi connectivity index (χ4n) is 3.84. The van der Waals surface area contributed by atoms with E-state index >= 15 is 0 Å². The lowest BCUT2D eigenvalue weighted by Gasteiger charge is -2.35. The van der Waals surface area contributed by atoms with Crippen molar-refractivity contribution in [1.29, 1.82) is 0 Å². The summed E-state index contributed by atoms with van der Waals surface area (Å²) in [7, 11) is 0. The molecule has 0 unspecified atom stereocenters. The largest absolute Gasteiger partial charge is 0.353 e. The molecule has 0 spiro atoms. The molecule has 28 heavy (non-hydrogen) atoms. The molecule has 1 aliphatic rings. The van der Waals surface area contributed by atoms with Crippen LogP contribution in [0.15, 0.2) is 73.2 Å². The van der Waals surface area contributed by atoms with Crippen molar-refractivity contribution >= 4 is 16.7 Å². The van der Waals surface area contributed by atoms with Gasteiger partial charge in [-0.3, -0.25) is 4.90 Å². The van der Waals surface area contributed by atoms with E-state index in [0.717, 1.165) is 55.1 Å². The Labute approximate surface area is 164 Å². The maximum atomic E-state index is 4.57. The quantitative estimate of drug-likeness (QED) is 0.552. The highest BCUT2D eigenvalue weighted by molar-refractivity contribution is 5.89. The van der Waals surface area contributed by atoms with Crippen LogP contribution < -0.4 is 4.90 Å². The highest BCUT2D eigenvalue weighted by atomic mass is 15.3. The van der Waals surface area contributed by atoms with Gasteiger partial charge in [-0.2, -0.15) is 5.10 Å². The minimum atomic E-state index is 0.896. The molecule has 0 radical (unpaired) electrons. The van der Waals surface area contributed by atoms with Crippen molar-refractivity contribution < 1.29 is 0 Å². The van der Waals surface area contributed by atoms with Crippen molar-refractivity contribution in [2.45, 2.75) is 6.54 Å². The van der Waals surface area contributed by atoms with Crippen molar-refractivity contribution in [1.82, 2.24) is 24.6 Å². The van der Waals surface area contributed by atoms with E-state index in [1.165, 1.54) is 5.69 Å². The highest BCUT2D eigenvalue weighted by Gasteiger charge is 2.21. The number of anilines is 1. The Balaban J connectivity index is 1.29. The molecule has 2 aromatic carbocycles. The lowest BCUT2D eigenvalue weighted by molar-refractivity contribution is 0.245. The zero-order valence-electron chi connectivity index (χ0n) is 15.6. The van der Waals surface area contributed by atoms with Gasteiger partial charge in [0.15, 0.2) is 0 Å². The summed E-state index contributed by atoms with van der Waals surface area (Å²) in [6, 6.07) is 20.6. The molecule has 0 N–H and O–H groups in total. The number of para-hydroxylation sites is 2. The second-order valence-corrected chi connectivity index (χ2v) is 7.05. The van der Waals surface area contributed by atoms with Crippen molar-refractivity contribution in [3.8, 4) is 5.69 Å². The number of rotatable bonds is 4. The van der Waals surface area contributed by atoms with Crippen LogP contribution >= 0.6 is 0 Å². The second kappa shape index (κ2) is 7.40. The summed E-state index contributed by atoms with van der Waals surface area (Å²) in [6.45, 7) is 4.81. The third-order valence-corrected chi connectivity index (χ3v) is 5.30. The van der Waals surface area contributed by atoms with Gasteiger partial charge in [0, 0.05) is 44.3 Å². The summed E-state index contributed by atoms with van der Waals surface area (Å²) in [5.41, 5.74) is 3.32. The molecule has 0 saturated carbocycles. The molecule has 2 aromatic heterocycles. The Kier molecular flexibility index (Phi) is 4.47. The maximum absolute atomic E-state index is 4.57. The van der Waals surface area contributed by atoms with Crippen molar-refractivity contribution in [3.05, 3.63) is 78.9 Å². The Morgan fingerprint density at radius 1 is 0.786 bits per heavy atom. The molecule has 6 nitrogen and oxygen atoms in total. The summed E-state index contributed by atoms with van der Waals surface area (Å²) in [5.74, 6) is 1.04. The molecule has 1 fully saturated rings. The predicted octanol–water partition coefficient (Wildman–Crippen LogP) is 3.14. The van der Waals surface area contributed by atoms with E-state index in [1.807, 2.05) is 41.2 Å². The minimum Gasteiger partial charge on any atom is -0.353 e. The van der Waals surface area contributed by atoms with Crippen LogP contribution in [0.3, 0.4) is 0 Å². The van der Waals surface area contributed by atoms with Crippen molar-refractivity contribution in [3.63, 3.8) is 0 Å². The molecule has 1 aliphatic heterocycles. The van der Waals surface area contributed by atoms with E-state index in [4.69, 9.17) is 0 Å². The number of hydrogen-bond acceptors (Lipinski definition) is 5. The molecule has 0 aliphatic carbocycles. The average Bonchev–Trinajstić information content (AvgIpc) is 3.23. The van der Waals surface area contributed by atoms with Crippen LogP contribution in [0.5, 0.6) is 0 Å². The average molecular weight is 370 g/mol. The highest BCUT2D eigenvalue weighted by Crippen LogP contribution is 2.24. The van der Waals surface area contributed by atoms with Crippen LogP contribution in [0.4, 0.5) is 5.82 Å². The molecule has 5 rings (SSSR count). The summed E-state index contributed by atoms with van der Waals surface area (Å²) < 4.78 is 2.03. The Morgan fingerprint density at radius 2 is 1.57 bits per heavy atom. The van der Waals surface area contributed by atoms with Crippen LogP contribution in [0.1, 0.15) is 5.69 Å². The zero-order valence-corrected chi connectivity index (χ0v) is 15.6. The Morgan fingerprint density at radius 3 is 2.43 bits per heavy atom. The fourth-order valence-corrected chi connectivity index (χ4v) is 3.84. The molecular formula is C22H22N6. The molecule has 140 valence electrons. The monoisotopic (exact) mass is 370 g/mol. The third-order valence-electron chi connectivity index (χ3n) is 5.30. The molecule has 0 bridgehead atoms. The topological polar surface area (TPSA) is 50.1 Å². The van der Waals surface area contributed by atoms with E-state index in [1.54, 1.807) is 6.33 Å². The number of benzene rings is 2. The predicted molar refractivity (Wildman–Crippen MR) is 111 cm³/mol. The van der Waals surface area contributed by atoms with Gasteiger partial charge in [0.2, 0.25) is 0 Å². The van der Waals surface area contributed by atoms with Gasteiger partial charge >= 0.3 is 0 Å². The van der Waals surface area contributed by atoms with Crippen LogP contribution in [-0.4, -0.2) is 50.8 Å². The van der Waals surface area contributed by atoms with Crippen LogP contribution in [0.2, 0.25) is 0 Å². The molecule has 4 aromatic rings. The lowest BCUT2D eigenvalue weighted by atomic mass is 10.2. The summed E-state index contributed by atoms with van der Waals surface area (Å²) >= 11 is 0. The molecule has 3 heterocycles. The summed E-state index contributed by atoms with van der Waals surface area (Å²) in [6.07, 6.45) is 3.55. The van der Waals surface area contributed by atoms with Crippen LogP contribution in [0.25, 0.3) is 16.6 Å². The van der Waals surface area contributed by atoms with Crippen molar-refractivity contribution in [2.24, 2.45) is 0 Å². The summed E-state index contributed by atoms with van der Waals surface area (Å²) in [5, 5.41) is 5.64. The first-order valence-corrected chi connectivity index (χ1v) is 9.64. The van der Waals surface area contributed by atoms with Gasteiger partial charge in [-0.15, -0.1) is 0 Å². The maximum Gasteiger partial charge on any atom is 0.139 e. The third kappa shape index (κ3) is 3.23. The minimum absolute atomic E-state index is 0.896. The van der Waals surface area contributed by atoms with E-state index < -0.39 is 0 Å². The van der Waals surface area contributed by atoms with Gasteiger partial charge in [-0.1, -0.05) is 30.3 Å². The normalized spacial score (nSPS) is 15.2. The molecule has 0 amide bonds. The first kappa shape index (κ1) is 16.9. The number of aromatic nitrogens is 4. The fraction of sp³-hybridized carbons (Fsp3) is 0.227. The van der Waals surface area contributed by atoms with Gasteiger partial charge < -0.3 is 4.90 Å². The molecule has 6 heteroatoms. The van der Waals surface area contributed by atoms with E-state index in [2.05, 4.69) is 55.2 Å². The van der Waals surface area contributed by atoms with Crippen LogP contribution in [-0.2, 0) is 6.54 Å². The van der Waals surface area contributed by atoms with E-state index in [0.29, 0.717) is 0 Å². The molecular weight excluding hydrogens is 348 g/mol. The van der Waals surface area contributed by atoms with E-state index in [9.17, 15) is 0 Å². The zero-order chi connectivity index (χ0) is 18.8. The van der Waals surface area contributed by atoms with Crippen LogP contribution in [0, 0.1) is 0 Å². The van der Waals surface area contributed by atoms with Gasteiger partial charge in [-0.25, -0.2) is 14.6 Å². The van der Waals surface area contributed by atoms with Gasteiger partial charge in [-0.05, 0) is 30.3 Å². The number of fused-ring (bicyclic) bond motifs is 1. The van der Waals surface area contributed by atoms with Gasteiger partial charge in [0.1, 0.15) is 12.1 Å². The Bertz CT molecular complexity index is 1060. The SMILES string of the molecule is c1ccc(-n2nccc2CN2CCN(c3ncnc4ccccc34)CC2)cc1. The number of piperazine rings is 1.